The van der Waals surface area contributed by atoms with Crippen molar-refractivity contribution in [1.29, 1.82) is 5.41 Å². The van der Waals surface area contributed by atoms with Crippen LogP contribution in [0.15, 0.2) is 0 Å². The summed E-state index contributed by atoms with van der Waals surface area (Å²) in [6, 6.07) is 0. The lowest BCUT2D eigenvalue weighted by Gasteiger charge is -1.91. The Bertz CT molecular complexity index is 52.0. The zero-order valence-electron chi connectivity index (χ0n) is 4.93. The Kier molecular flexibility index (Phi) is 19.8. The maximum atomic E-state index is 6.76. The van der Waals surface area contributed by atoms with Crippen LogP contribution in [-0.2, 0) is 4.74 Å². The van der Waals surface area contributed by atoms with Crippen molar-refractivity contribution < 1.29 is 4.74 Å². The molecular formula is C4H11Cl2NO. The second-order valence-electron chi connectivity index (χ2n) is 0.981. The third-order valence-corrected chi connectivity index (χ3v) is 0.568. The lowest BCUT2D eigenvalue weighted by atomic mass is 10.5. The van der Waals surface area contributed by atoms with E-state index >= 15 is 0 Å². The van der Waals surface area contributed by atoms with Crippen LogP contribution in [0.1, 0.15) is 13.3 Å². The molecule has 52 valence electrons. The van der Waals surface area contributed by atoms with Gasteiger partial charge in [0.2, 0.25) is 0 Å². The summed E-state index contributed by atoms with van der Waals surface area (Å²) in [5.74, 6) is 0.343. The summed E-state index contributed by atoms with van der Waals surface area (Å²) < 4.78 is 4.48. The average molecular weight is 160 g/mol. The van der Waals surface area contributed by atoms with Crippen molar-refractivity contribution in [2.45, 2.75) is 13.3 Å². The Labute approximate surface area is 61.9 Å². The van der Waals surface area contributed by atoms with Crippen LogP contribution in [0.3, 0.4) is 0 Å². The molecule has 0 saturated carbocycles. The highest BCUT2D eigenvalue weighted by molar-refractivity contribution is 5.85. The fraction of sp³-hybridized carbons (Fsp3) is 0.750. The highest BCUT2D eigenvalue weighted by Gasteiger charge is 1.81. The van der Waals surface area contributed by atoms with E-state index in [1.54, 1.807) is 0 Å². The quantitative estimate of drug-likeness (QED) is 0.460. The smallest absolute Gasteiger partial charge is 0.179 e. The van der Waals surface area contributed by atoms with Gasteiger partial charge < -0.3 is 4.74 Å². The van der Waals surface area contributed by atoms with Gasteiger partial charge in [0.15, 0.2) is 5.90 Å². The fourth-order valence-corrected chi connectivity index (χ4v) is 0.144. The molecule has 0 bridgehead atoms. The summed E-state index contributed by atoms with van der Waals surface area (Å²) >= 11 is 0. The van der Waals surface area contributed by atoms with Gasteiger partial charge in [-0.25, -0.2) is 0 Å². The fourth-order valence-electron chi connectivity index (χ4n) is 0.144. The molecule has 0 rings (SSSR count). The van der Waals surface area contributed by atoms with E-state index in [-0.39, 0.29) is 24.8 Å². The van der Waals surface area contributed by atoms with Gasteiger partial charge >= 0.3 is 0 Å². The highest BCUT2D eigenvalue weighted by atomic mass is 35.5. The highest BCUT2D eigenvalue weighted by Crippen LogP contribution is 1.77. The average Bonchev–Trinajstić information content (AvgIpc) is 1.65. The molecule has 0 aliphatic carbocycles. The monoisotopic (exact) mass is 159 g/mol. The standard InChI is InChI=1S/C4H9NO.2ClH/c1-3-4(5)6-2;;/h5H,3H2,1-2H3;2*1H. The molecule has 0 atom stereocenters. The van der Waals surface area contributed by atoms with Crippen molar-refractivity contribution in [3.63, 3.8) is 0 Å². The van der Waals surface area contributed by atoms with Crippen molar-refractivity contribution in [2.24, 2.45) is 0 Å². The maximum absolute atomic E-state index is 6.76. The molecule has 0 fully saturated rings. The van der Waals surface area contributed by atoms with E-state index in [2.05, 4.69) is 4.74 Å². The number of hydrogen-bond acceptors (Lipinski definition) is 2. The van der Waals surface area contributed by atoms with Gasteiger partial charge in [-0.15, -0.1) is 24.8 Å². The molecule has 0 saturated heterocycles. The largest absolute Gasteiger partial charge is 0.484 e. The molecule has 2 nitrogen and oxygen atoms in total. The van der Waals surface area contributed by atoms with Gasteiger partial charge in [0.1, 0.15) is 0 Å². The van der Waals surface area contributed by atoms with Gasteiger partial charge in [0.05, 0.1) is 7.11 Å². The summed E-state index contributed by atoms with van der Waals surface area (Å²) in [6.07, 6.45) is 0.691. The Morgan fingerprint density at radius 3 is 1.88 bits per heavy atom. The van der Waals surface area contributed by atoms with E-state index in [1.807, 2.05) is 6.92 Å². The Balaban J connectivity index is -0.000000125. The molecule has 0 aromatic heterocycles. The molecule has 0 radical (unpaired) electrons. The molecule has 0 aromatic carbocycles. The molecule has 4 heteroatoms. The van der Waals surface area contributed by atoms with Crippen LogP contribution in [0.25, 0.3) is 0 Å². The van der Waals surface area contributed by atoms with Crippen LogP contribution >= 0.6 is 24.8 Å². The SMILES string of the molecule is CCC(=N)OC.Cl.Cl. The normalized spacial score (nSPS) is 5.75. The molecule has 0 heterocycles. The molecule has 0 aliphatic heterocycles. The number of methoxy groups -OCH3 is 1. The van der Waals surface area contributed by atoms with Gasteiger partial charge in [-0.1, -0.05) is 6.92 Å². The first-order valence-corrected chi connectivity index (χ1v) is 1.92. The minimum absolute atomic E-state index is 0. The van der Waals surface area contributed by atoms with Gasteiger partial charge in [0, 0.05) is 6.42 Å². The molecule has 0 spiro atoms. The van der Waals surface area contributed by atoms with Crippen molar-refractivity contribution >= 4 is 30.7 Å². The molecule has 0 aromatic rings. The lowest BCUT2D eigenvalue weighted by Crippen LogP contribution is -1.93. The van der Waals surface area contributed by atoms with Crippen LogP contribution in [0.2, 0.25) is 0 Å². The Morgan fingerprint density at radius 1 is 1.50 bits per heavy atom. The van der Waals surface area contributed by atoms with E-state index in [0.29, 0.717) is 12.3 Å². The predicted molar refractivity (Wildman–Crippen MR) is 39.5 cm³/mol. The van der Waals surface area contributed by atoms with Crippen LogP contribution in [-0.4, -0.2) is 13.0 Å². The van der Waals surface area contributed by atoms with Crippen molar-refractivity contribution in [1.82, 2.24) is 0 Å². The Morgan fingerprint density at radius 2 is 1.88 bits per heavy atom. The van der Waals surface area contributed by atoms with Crippen LogP contribution in [0.4, 0.5) is 0 Å². The third-order valence-electron chi connectivity index (χ3n) is 0.568. The van der Waals surface area contributed by atoms with Gasteiger partial charge in [-0.2, -0.15) is 0 Å². The number of halogens is 2. The molecule has 0 aliphatic rings. The summed E-state index contributed by atoms with van der Waals surface area (Å²) in [7, 11) is 1.51. The van der Waals surface area contributed by atoms with E-state index in [9.17, 15) is 0 Å². The zero-order chi connectivity index (χ0) is 4.99. The number of rotatable bonds is 1. The zero-order valence-corrected chi connectivity index (χ0v) is 6.56. The second kappa shape index (κ2) is 10.1. The van der Waals surface area contributed by atoms with Crippen LogP contribution in [0, 0.1) is 5.41 Å². The molecule has 0 amide bonds. The van der Waals surface area contributed by atoms with Crippen molar-refractivity contribution in [3.8, 4) is 0 Å². The van der Waals surface area contributed by atoms with E-state index in [1.165, 1.54) is 7.11 Å². The summed E-state index contributed by atoms with van der Waals surface area (Å²) in [4.78, 5) is 0. The van der Waals surface area contributed by atoms with Crippen LogP contribution < -0.4 is 0 Å². The molecule has 8 heavy (non-hydrogen) atoms. The predicted octanol–water partition coefficient (Wildman–Crippen LogP) is 1.86. The van der Waals surface area contributed by atoms with Gasteiger partial charge in [0.25, 0.3) is 0 Å². The molecular weight excluding hydrogens is 149 g/mol. The first-order chi connectivity index (χ1) is 2.81. The maximum Gasteiger partial charge on any atom is 0.179 e. The van der Waals surface area contributed by atoms with E-state index < -0.39 is 0 Å². The number of ether oxygens (including phenoxy) is 1. The molecule has 1 N–H and O–H groups in total. The summed E-state index contributed by atoms with van der Waals surface area (Å²) in [5.41, 5.74) is 0. The Hall–Kier alpha value is 0.0500. The second-order valence-corrected chi connectivity index (χ2v) is 0.981. The summed E-state index contributed by atoms with van der Waals surface area (Å²) in [5, 5.41) is 6.76. The first kappa shape index (κ1) is 15.7. The third kappa shape index (κ3) is 9.41. The lowest BCUT2D eigenvalue weighted by molar-refractivity contribution is 0.388. The van der Waals surface area contributed by atoms with Crippen molar-refractivity contribution in [3.05, 3.63) is 0 Å². The summed E-state index contributed by atoms with van der Waals surface area (Å²) in [6.45, 7) is 1.88. The number of hydrogen-bond donors (Lipinski definition) is 1. The minimum atomic E-state index is 0. The van der Waals surface area contributed by atoms with Crippen LogP contribution in [0.5, 0.6) is 0 Å². The van der Waals surface area contributed by atoms with Gasteiger partial charge in [-0.3, -0.25) is 5.41 Å². The topological polar surface area (TPSA) is 33.1 Å². The molecule has 0 unspecified atom stereocenters. The first-order valence-electron chi connectivity index (χ1n) is 1.92. The number of nitrogens with one attached hydrogen (secondary N) is 1. The minimum Gasteiger partial charge on any atom is -0.484 e. The van der Waals surface area contributed by atoms with E-state index in [0.717, 1.165) is 0 Å². The van der Waals surface area contributed by atoms with E-state index in [4.69, 9.17) is 5.41 Å². The van der Waals surface area contributed by atoms with Crippen molar-refractivity contribution in [2.75, 3.05) is 7.11 Å². The van der Waals surface area contributed by atoms with Gasteiger partial charge in [-0.05, 0) is 0 Å².